The van der Waals surface area contributed by atoms with Crippen LogP contribution in [0.25, 0.3) is 101 Å². The minimum absolute atomic E-state index is 0.252. The van der Waals surface area contributed by atoms with E-state index in [4.69, 9.17) is 29.9 Å². The van der Waals surface area contributed by atoms with Gasteiger partial charge in [-0.15, -0.1) is 0 Å². The monoisotopic (exact) mass is 782 g/mol. The summed E-state index contributed by atoms with van der Waals surface area (Å²) < 4.78 is 0. The van der Waals surface area contributed by atoms with Crippen molar-refractivity contribution < 1.29 is 0 Å². The Hall–Kier alpha value is -7.96. The molecule has 2 heterocycles. The normalized spacial score (nSPS) is 12.6. The number of hydrogen-bond donors (Lipinski definition) is 0. The molecule has 6 heteroatoms. The van der Waals surface area contributed by atoms with Crippen LogP contribution in [-0.4, -0.2) is 29.9 Å². The predicted octanol–water partition coefficient (Wildman–Crippen LogP) is 13.2. The molecule has 0 atom stereocenters. The highest BCUT2D eigenvalue weighted by Crippen LogP contribution is 2.53. The molecule has 1 aliphatic carbocycles. The number of rotatable bonds is 7. The van der Waals surface area contributed by atoms with E-state index >= 15 is 0 Å². The van der Waals surface area contributed by atoms with Crippen molar-refractivity contribution in [3.05, 3.63) is 205 Å². The number of benzene rings is 8. The molecule has 11 rings (SSSR count). The molecule has 0 saturated heterocycles. The Labute approximate surface area is 354 Å². The Balaban J connectivity index is 1.10. The summed E-state index contributed by atoms with van der Waals surface area (Å²) in [5, 5.41) is 2.18. The van der Waals surface area contributed by atoms with Crippen LogP contribution in [0.3, 0.4) is 0 Å². The van der Waals surface area contributed by atoms with Crippen LogP contribution in [0.1, 0.15) is 25.0 Å². The summed E-state index contributed by atoms with van der Waals surface area (Å²) in [7, 11) is 0. The van der Waals surface area contributed by atoms with E-state index in [2.05, 4.69) is 86.6 Å². The van der Waals surface area contributed by atoms with Gasteiger partial charge in [0, 0.05) is 38.8 Å². The van der Waals surface area contributed by atoms with Crippen molar-refractivity contribution in [2.24, 2.45) is 0 Å². The molecule has 1 aliphatic rings. The molecule has 0 bridgehead atoms. The molecule has 6 nitrogen and oxygen atoms in total. The molecule has 10 aromatic rings. The van der Waals surface area contributed by atoms with Crippen LogP contribution in [0.15, 0.2) is 194 Å². The van der Waals surface area contributed by atoms with Crippen molar-refractivity contribution in [1.82, 2.24) is 29.9 Å². The first-order valence-electron chi connectivity index (χ1n) is 20.5. The highest BCUT2D eigenvalue weighted by molar-refractivity contribution is 6.00. The van der Waals surface area contributed by atoms with Gasteiger partial charge >= 0.3 is 0 Å². The fraction of sp³-hybridized carbons (Fsp3) is 0.0545. The molecule has 0 radical (unpaired) electrons. The lowest BCUT2D eigenvalue weighted by Gasteiger charge is -2.21. The molecule has 0 spiro atoms. The standard InChI is InChI=1S/C55H38N6/c1-55(2)46-31-30-39(33-45(46)48-43(28-17-29-47(48)55)53-58-49(35-18-7-3-8-19-35)56-50(59-53)36-20-9-4-10-21-36)41-32-40-26-15-16-27-42(40)44(34-41)54-60-51(37-22-11-5-12-23-37)57-52(61-54)38-24-13-6-14-25-38/h3-34H,1-2H3. The lowest BCUT2D eigenvalue weighted by molar-refractivity contribution is 0.660. The van der Waals surface area contributed by atoms with Gasteiger partial charge < -0.3 is 0 Å². The van der Waals surface area contributed by atoms with Crippen LogP contribution in [0, 0.1) is 0 Å². The van der Waals surface area contributed by atoms with Gasteiger partial charge in [-0.1, -0.05) is 190 Å². The zero-order valence-electron chi connectivity index (χ0n) is 33.7. The molecule has 0 aliphatic heterocycles. The van der Waals surface area contributed by atoms with Crippen molar-refractivity contribution in [3.8, 4) is 90.6 Å². The number of nitrogens with zero attached hydrogens (tertiary/aromatic N) is 6. The summed E-state index contributed by atoms with van der Waals surface area (Å²) in [6.45, 7) is 4.62. The van der Waals surface area contributed by atoms with Gasteiger partial charge in [0.15, 0.2) is 34.9 Å². The van der Waals surface area contributed by atoms with Gasteiger partial charge in [-0.2, -0.15) is 0 Å². The van der Waals surface area contributed by atoms with Crippen molar-refractivity contribution in [3.63, 3.8) is 0 Å². The average molecular weight is 783 g/mol. The van der Waals surface area contributed by atoms with Gasteiger partial charge in [0.2, 0.25) is 0 Å². The summed E-state index contributed by atoms with van der Waals surface area (Å²) >= 11 is 0. The highest BCUT2D eigenvalue weighted by Gasteiger charge is 2.37. The van der Waals surface area contributed by atoms with Crippen molar-refractivity contribution in [2.75, 3.05) is 0 Å². The Kier molecular flexibility index (Phi) is 8.71. The summed E-state index contributed by atoms with van der Waals surface area (Å²) in [6.07, 6.45) is 0. The first-order chi connectivity index (χ1) is 30.0. The molecule has 8 aromatic carbocycles. The fourth-order valence-electron chi connectivity index (χ4n) is 8.69. The van der Waals surface area contributed by atoms with E-state index in [9.17, 15) is 0 Å². The maximum Gasteiger partial charge on any atom is 0.164 e. The second kappa shape index (κ2) is 14.7. The van der Waals surface area contributed by atoms with Crippen molar-refractivity contribution >= 4 is 10.8 Å². The third-order valence-electron chi connectivity index (χ3n) is 11.8. The third kappa shape index (κ3) is 6.46. The summed E-state index contributed by atoms with van der Waals surface area (Å²) in [5.41, 5.74) is 12.4. The summed E-state index contributed by atoms with van der Waals surface area (Å²) in [6, 6.07) is 67.0. The molecule has 0 unspecified atom stereocenters. The number of aromatic nitrogens is 6. The van der Waals surface area contributed by atoms with Crippen LogP contribution >= 0.6 is 0 Å². The number of hydrogen-bond acceptors (Lipinski definition) is 6. The van der Waals surface area contributed by atoms with E-state index < -0.39 is 0 Å². The SMILES string of the molecule is CC1(C)c2ccc(-c3cc(-c4nc(-c5ccccc5)nc(-c5ccccc5)n4)c4ccccc4c3)cc2-c2c(-c3nc(-c4ccccc4)nc(-c4ccccc4)n3)cccc21. The molecular formula is C55H38N6. The molecule has 0 N–H and O–H groups in total. The van der Waals surface area contributed by atoms with Crippen LogP contribution in [0.4, 0.5) is 0 Å². The van der Waals surface area contributed by atoms with Crippen molar-refractivity contribution in [1.29, 1.82) is 0 Å². The Morgan fingerprint density at radius 3 is 1.26 bits per heavy atom. The van der Waals surface area contributed by atoms with Gasteiger partial charge in [-0.25, -0.2) is 29.9 Å². The maximum atomic E-state index is 5.17. The minimum Gasteiger partial charge on any atom is -0.208 e. The van der Waals surface area contributed by atoms with E-state index in [0.29, 0.717) is 34.9 Å². The van der Waals surface area contributed by atoms with Gasteiger partial charge in [0.05, 0.1) is 0 Å². The lowest BCUT2D eigenvalue weighted by atomic mass is 9.82. The van der Waals surface area contributed by atoms with Gasteiger partial charge in [0.1, 0.15) is 0 Å². The minimum atomic E-state index is -0.252. The average Bonchev–Trinajstić information content (AvgIpc) is 3.57. The van der Waals surface area contributed by atoms with E-state index in [1.165, 1.54) is 16.7 Å². The van der Waals surface area contributed by atoms with Gasteiger partial charge in [-0.05, 0) is 62.4 Å². The zero-order valence-corrected chi connectivity index (χ0v) is 33.7. The van der Waals surface area contributed by atoms with Crippen LogP contribution < -0.4 is 0 Å². The first-order valence-corrected chi connectivity index (χ1v) is 20.5. The summed E-state index contributed by atoms with van der Waals surface area (Å²) in [5.74, 6) is 3.81. The Morgan fingerprint density at radius 1 is 0.295 bits per heavy atom. The highest BCUT2D eigenvalue weighted by atomic mass is 15.0. The lowest BCUT2D eigenvalue weighted by Crippen LogP contribution is -2.14. The molecule has 0 amide bonds. The second-order valence-corrected chi connectivity index (χ2v) is 15.9. The zero-order chi connectivity index (χ0) is 40.9. The van der Waals surface area contributed by atoms with E-state index in [-0.39, 0.29) is 5.41 Å². The quantitative estimate of drug-likeness (QED) is 0.160. The van der Waals surface area contributed by atoms with Crippen molar-refractivity contribution in [2.45, 2.75) is 19.3 Å². The molecule has 61 heavy (non-hydrogen) atoms. The van der Waals surface area contributed by atoms with E-state index in [1.54, 1.807) is 0 Å². The smallest absolute Gasteiger partial charge is 0.164 e. The largest absolute Gasteiger partial charge is 0.208 e. The Bertz CT molecular complexity index is 3140. The molecule has 2 aromatic heterocycles. The Morgan fingerprint density at radius 2 is 0.738 bits per heavy atom. The topological polar surface area (TPSA) is 77.3 Å². The predicted molar refractivity (Wildman–Crippen MR) is 246 cm³/mol. The van der Waals surface area contributed by atoms with Gasteiger partial charge in [0.25, 0.3) is 0 Å². The molecule has 0 saturated carbocycles. The number of fused-ring (bicyclic) bond motifs is 4. The van der Waals surface area contributed by atoms with Gasteiger partial charge in [-0.3, -0.25) is 0 Å². The van der Waals surface area contributed by atoms with Crippen LogP contribution in [-0.2, 0) is 5.41 Å². The molecular weight excluding hydrogens is 745 g/mol. The van der Waals surface area contributed by atoms with Crippen LogP contribution in [0.2, 0.25) is 0 Å². The maximum absolute atomic E-state index is 5.17. The van der Waals surface area contributed by atoms with E-state index in [0.717, 1.165) is 60.8 Å². The fourth-order valence-corrected chi connectivity index (χ4v) is 8.69. The first kappa shape index (κ1) is 36.1. The van der Waals surface area contributed by atoms with E-state index in [1.807, 2.05) is 121 Å². The van der Waals surface area contributed by atoms with Crippen LogP contribution in [0.5, 0.6) is 0 Å². The third-order valence-corrected chi connectivity index (χ3v) is 11.8. The molecule has 0 fully saturated rings. The second-order valence-electron chi connectivity index (χ2n) is 15.9. The summed E-state index contributed by atoms with van der Waals surface area (Å²) in [4.78, 5) is 30.6. The molecule has 288 valence electrons.